The molecule has 0 spiro atoms. The van der Waals surface area contributed by atoms with Crippen LogP contribution in [-0.2, 0) is 11.3 Å². The molecule has 1 aliphatic rings. The van der Waals surface area contributed by atoms with Gasteiger partial charge >= 0.3 is 0 Å². The van der Waals surface area contributed by atoms with Crippen molar-refractivity contribution in [2.45, 2.75) is 26.4 Å². The zero-order valence-corrected chi connectivity index (χ0v) is 10.7. The number of hydrogen-bond acceptors (Lipinski definition) is 4. The Morgan fingerprint density at radius 2 is 2.29 bits per heavy atom. The van der Waals surface area contributed by atoms with Crippen molar-refractivity contribution in [2.75, 3.05) is 32.8 Å². The fourth-order valence-corrected chi connectivity index (χ4v) is 2.07. The molecular weight excluding hydrogens is 216 g/mol. The quantitative estimate of drug-likeness (QED) is 0.785. The summed E-state index contributed by atoms with van der Waals surface area (Å²) in [5.74, 6) is 0. The molecule has 0 amide bonds. The predicted molar refractivity (Wildman–Crippen MR) is 66.9 cm³/mol. The lowest BCUT2D eigenvalue weighted by atomic mass is 10.2. The number of aryl methyl sites for hydroxylation is 1. The molecule has 1 unspecified atom stereocenters. The molecule has 1 atom stereocenters. The van der Waals surface area contributed by atoms with Gasteiger partial charge in [-0.15, -0.1) is 0 Å². The van der Waals surface area contributed by atoms with Crippen molar-refractivity contribution in [3.05, 3.63) is 17.7 Å². The van der Waals surface area contributed by atoms with Crippen LogP contribution in [-0.4, -0.2) is 53.8 Å². The number of hydrogen-bond donors (Lipinski definition) is 2. The summed E-state index contributed by atoms with van der Waals surface area (Å²) in [6.45, 7) is 10.0. The van der Waals surface area contributed by atoms with Crippen LogP contribution in [0.4, 0.5) is 0 Å². The number of rotatable bonds is 5. The molecule has 17 heavy (non-hydrogen) atoms. The van der Waals surface area contributed by atoms with Gasteiger partial charge in [-0.25, -0.2) is 4.98 Å². The van der Waals surface area contributed by atoms with Crippen LogP contribution in [0.15, 0.2) is 6.33 Å². The number of H-pyrrole nitrogens is 1. The molecule has 0 saturated carbocycles. The maximum absolute atomic E-state index is 5.34. The van der Waals surface area contributed by atoms with Gasteiger partial charge < -0.3 is 15.0 Å². The third-order valence-corrected chi connectivity index (χ3v) is 3.19. The van der Waals surface area contributed by atoms with Crippen molar-refractivity contribution in [3.63, 3.8) is 0 Å². The largest absolute Gasteiger partial charge is 0.379 e. The summed E-state index contributed by atoms with van der Waals surface area (Å²) in [5, 5.41) is 3.51. The van der Waals surface area contributed by atoms with Gasteiger partial charge in [0, 0.05) is 37.9 Å². The molecule has 2 rings (SSSR count). The van der Waals surface area contributed by atoms with E-state index in [-0.39, 0.29) is 0 Å². The Morgan fingerprint density at radius 1 is 1.53 bits per heavy atom. The number of nitrogens with one attached hydrogen (secondary N) is 2. The maximum atomic E-state index is 5.34. The molecule has 0 aliphatic carbocycles. The number of nitrogens with zero attached hydrogens (tertiary/aromatic N) is 2. The first-order valence-corrected chi connectivity index (χ1v) is 6.28. The van der Waals surface area contributed by atoms with Crippen LogP contribution in [0.5, 0.6) is 0 Å². The van der Waals surface area contributed by atoms with Gasteiger partial charge in [-0.05, 0) is 13.8 Å². The third-order valence-electron chi connectivity index (χ3n) is 3.19. The zero-order chi connectivity index (χ0) is 12.1. The predicted octanol–water partition coefficient (Wildman–Crippen LogP) is 0.528. The molecule has 1 fully saturated rings. The first-order chi connectivity index (χ1) is 8.25. The van der Waals surface area contributed by atoms with E-state index >= 15 is 0 Å². The van der Waals surface area contributed by atoms with E-state index in [1.54, 1.807) is 6.33 Å². The van der Waals surface area contributed by atoms with Gasteiger partial charge in [0.2, 0.25) is 0 Å². The smallest absolute Gasteiger partial charge is 0.0925 e. The van der Waals surface area contributed by atoms with Crippen LogP contribution in [0.2, 0.25) is 0 Å². The van der Waals surface area contributed by atoms with Crippen LogP contribution >= 0.6 is 0 Å². The Balaban J connectivity index is 1.70. The normalized spacial score (nSPS) is 19.4. The van der Waals surface area contributed by atoms with Crippen LogP contribution in [0.3, 0.4) is 0 Å². The lowest BCUT2D eigenvalue weighted by Gasteiger charge is -2.29. The monoisotopic (exact) mass is 238 g/mol. The van der Waals surface area contributed by atoms with Gasteiger partial charge in [-0.2, -0.15) is 0 Å². The summed E-state index contributed by atoms with van der Waals surface area (Å²) < 4.78 is 5.34. The number of morpholine rings is 1. The maximum Gasteiger partial charge on any atom is 0.0925 e. The standard InChI is InChI=1S/C12H22N4O/c1-10(8-16-3-5-17-6-4-16)13-7-12-11(2)14-9-15-12/h9-10,13H,3-8H2,1-2H3,(H,14,15). The molecule has 5 heteroatoms. The minimum Gasteiger partial charge on any atom is -0.379 e. The molecule has 1 saturated heterocycles. The summed E-state index contributed by atoms with van der Waals surface area (Å²) in [6, 6.07) is 0.476. The summed E-state index contributed by atoms with van der Waals surface area (Å²) in [6.07, 6.45) is 1.75. The lowest BCUT2D eigenvalue weighted by Crippen LogP contribution is -2.44. The highest BCUT2D eigenvalue weighted by Crippen LogP contribution is 2.02. The number of imidazole rings is 1. The van der Waals surface area contributed by atoms with Crippen molar-refractivity contribution in [1.29, 1.82) is 0 Å². The van der Waals surface area contributed by atoms with Crippen LogP contribution in [0.1, 0.15) is 18.3 Å². The number of aromatic amines is 1. The Morgan fingerprint density at radius 3 is 2.94 bits per heavy atom. The van der Waals surface area contributed by atoms with Crippen LogP contribution in [0, 0.1) is 6.92 Å². The fourth-order valence-electron chi connectivity index (χ4n) is 2.07. The van der Waals surface area contributed by atoms with Crippen molar-refractivity contribution >= 4 is 0 Å². The summed E-state index contributed by atoms with van der Waals surface area (Å²) >= 11 is 0. The average molecular weight is 238 g/mol. The molecule has 96 valence electrons. The van der Waals surface area contributed by atoms with Crippen molar-refractivity contribution in [2.24, 2.45) is 0 Å². The van der Waals surface area contributed by atoms with Crippen molar-refractivity contribution in [1.82, 2.24) is 20.2 Å². The lowest BCUT2D eigenvalue weighted by molar-refractivity contribution is 0.0343. The summed E-state index contributed by atoms with van der Waals surface area (Å²) in [5.41, 5.74) is 2.26. The van der Waals surface area contributed by atoms with E-state index in [1.165, 1.54) is 0 Å². The highest BCUT2D eigenvalue weighted by molar-refractivity contribution is 5.08. The molecular formula is C12H22N4O. The second kappa shape index (κ2) is 6.14. The van der Waals surface area contributed by atoms with E-state index in [9.17, 15) is 0 Å². The fraction of sp³-hybridized carbons (Fsp3) is 0.750. The summed E-state index contributed by atoms with van der Waals surface area (Å²) in [7, 11) is 0. The summed E-state index contributed by atoms with van der Waals surface area (Å²) in [4.78, 5) is 9.82. The number of aromatic nitrogens is 2. The average Bonchev–Trinajstić information content (AvgIpc) is 2.74. The molecule has 0 radical (unpaired) electrons. The number of ether oxygens (including phenoxy) is 1. The first-order valence-electron chi connectivity index (χ1n) is 6.28. The van der Waals surface area contributed by atoms with Gasteiger partial charge in [0.25, 0.3) is 0 Å². The minimum absolute atomic E-state index is 0.476. The molecule has 0 aromatic carbocycles. The minimum atomic E-state index is 0.476. The highest BCUT2D eigenvalue weighted by atomic mass is 16.5. The van der Waals surface area contributed by atoms with Gasteiger partial charge in [0.05, 0.1) is 25.2 Å². The molecule has 0 bridgehead atoms. The Hall–Kier alpha value is -0.910. The molecule has 5 nitrogen and oxygen atoms in total. The highest BCUT2D eigenvalue weighted by Gasteiger charge is 2.13. The van der Waals surface area contributed by atoms with E-state index in [4.69, 9.17) is 4.74 Å². The second-order valence-corrected chi connectivity index (χ2v) is 4.67. The van der Waals surface area contributed by atoms with Gasteiger partial charge in [0.1, 0.15) is 0 Å². The van der Waals surface area contributed by atoms with E-state index in [1.807, 2.05) is 0 Å². The second-order valence-electron chi connectivity index (χ2n) is 4.67. The molecule has 2 N–H and O–H groups in total. The van der Waals surface area contributed by atoms with Gasteiger partial charge in [-0.3, -0.25) is 4.90 Å². The van der Waals surface area contributed by atoms with Crippen molar-refractivity contribution < 1.29 is 4.74 Å². The third kappa shape index (κ3) is 3.80. The first kappa shape index (κ1) is 12.5. The van der Waals surface area contributed by atoms with Gasteiger partial charge in [0.15, 0.2) is 0 Å². The molecule has 1 aromatic heterocycles. The van der Waals surface area contributed by atoms with E-state index in [2.05, 4.69) is 34.0 Å². The zero-order valence-electron chi connectivity index (χ0n) is 10.7. The van der Waals surface area contributed by atoms with Gasteiger partial charge in [-0.1, -0.05) is 0 Å². The van der Waals surface area contributed by atoms with Crippen LogP contribution in [0.25, 0.3) is 0 Å². The Labute approximate surface area is 103 Å². The SMILES string of the molecule is Cc1[nH]cnc1CNC(C)CN1CCOCC1. The van der Waals surface area contributed by atoms with E-state index in [0.717, 1.165) is 50.8 Å². The molecule has 1 aromatic rings. The Kier molecular flexibility index (Phi) is 4.53. The molecule has 2 heterocycles. The molecule has 1 aliphatic heterocycles. The van der Waals surface area contributed by atoms with E-state index < -0.39 is 0 Å². The Bertz CT molecular complexity index is 333. The topological polar surface area (TPSA) is 53.2 Å². The van der Waals surface area contributed by atoms with Crippen LogP contribution < -0.4 is 5.32 Å². The van der Waals surface area contributed by atoms with Crippen molar-refractivity contribution in [3.8, 4) is 0 Å². The van der Waals surface area contributed by atoms with E-state index in [0.29, 0.717) is 6.04 Å².